The van der Waals surface area contributed by atoms with Crippen molar-refractivity contribution in [3.05, 3.63) is 83.4 Å². The molecule has 0 aliphatic heterocycles. The Morgan fingerprint density at radius 2 is 1.79 bits per heavy atom. The Morgan fingerprint density at radius 3 is 2.72 bits per heavy atom. The van der Waals surface area contributed by atoms with Crippen LogP contribution in [0.2, 0.25) is 0 Å². The largest absolute Gasteiger partial charge is 0.302 e. The smallest absolute Gasteiger partial charge is 0.230 e. The van der Waals surface area contributed by atoms with E-state index in [2.05, 4.69) is 53.8 Å². The van der Waals surface area contributed by atoms with Crippen LogP contribution in [-0.2, 0) is 24.1 Å². The van der Waals surface area contributed by atoms with E-state index in [4.69, 9.17) is 4.98 Å². The molecule has 0 radical (unpaired) electrons. The quantitative estimate of drug-likeness (QED) is 0.415. The zero-order chi connectivity index (χ0) is 19.4. The molecule has 29 heavy (non-hydrogen) atoms. The van der Waals surface area contributed by atoms with Crippen LogP contribution in [-0.4, -0.2) is 10.9 Å². The molecule has 4 heteroatoms. The first-order chi connectivity index (χ1) is 14.2. The van der Waals surface area contributed by atoms with Gasteiger partial charge in [-0.05, 0) is 51.8 Å². The third-order valence-electron chi connectivity index (χ3n) is 5.77. The van der Waals surface area contributed by atoms with Crippen LogP contribution in [0.1, 0.15) is 16.7 Å². The summed E-state index contributed by atoms with van der Waals surface area (Å²) in [5.74, 6) is -0.0309. The van der Waals surface area contributed by atoms with Crippen LogP contribution >= 0.6 is 11.3 Å². The minimum Gasteiger partial charge on any atom is -0.302 e. The summed E-state index contributed by atoms with van der Waals surface area (Å²) in [4.78, 5) is 17.4. The van der Waals surface area contributed by atoms with Crippen molar-refractivity contribution < 1.29 is 4.79 Å². The van der Waals surface area contributed by atoms with Gasteiger partial charge in [0.25, 0.3) is 0 Å². The number of anilines is 1. The Kier molecular flexibility index (Phi) is 3.68. The minimum absolute atomic E-state index is 0.0309. The fraction of sp³-hybridized carbons (Fsp3) is 0.120. The number of thiazole rings is 1. The van der Waals surface area contributed by atoms with Crippen LogP contribution in [0.15, 0.2) is 66.7 Å². The lowest BCUT2D eigenvalue weighted by atomic mass is 10.0. The number of hydrogen-bond acceptors (Lipinski definition) is 3. The third kappa shape index (κ3) is 2.79. The number of hydrogen-bond donors (Lipinski definition) is 1. The molecule has 5 aromatic rings. The summed E-state index contributed by atoms with van der Waals surface area (Å²) in [5.41, 5.74) is 4.82. The maximum Gasteiger partial charge on any atom is 0.230 e. The summed E-state index contributed by atoms with van der Waals surface area (Å²) in [5, 5.41) is 8.60. The highest BCUT2D eigenvalue weighted by Gasteiger charge is 2.19. The zero-order valence-corrected chi connectivity index (χ0v) is 16.6. The van der Waals surface area contributed by atoms with E-state index in [0.29, 0.717) is 11.6 Å². The second-order valence-electron chi connectivity index (χ2n) is 7.65. The molecule has 0 fully saturated rings. The fourth-order valence-corrected chi connectivity index (χ4v) is 5.42. The SMILES string of the molecule is O=C(Cc1ccc2ccccc2c1)Nc1nc2c(cc3c4c(cccc42)CC3)s1. The van der Waals surface area contributed by atoms with Crippen LogP contribution in [0.4, 0.5) is 5.13 Å². The molecule has 1 N–H and O–H groups in total. The Hall–Kier alpha value is -3.24. The third-order valence-corrected chi connectivity index (χ3v) is 6.69. The van der Waals surface area contributed by atoms with E-state index in [1.54, 1.807) is 11.3 Å². The summed E-state index contributed by atoms with van der Waals surface area (Å²) < 4.78 is 1.15. The number of carbonyl (C=O) groups is 1. The van der Waals surface area contributed by atoms with Crippen LogP contribution in [0.3, 0.4) is 0 Å². The zero-order valence-electron chi connectivity index (χ0n) is 15.7. The Labute approximate surface area is 172 Å². The normalized spacial score (nSPS) is 12.8. The molecule has 3 nitrogen and oxygen atoms in total. The first-order valence-electron chi connectivity index (χ1n) is 9.86. The van der Waals surface area contributed by atoms with Crippen LogP contribution < -0.4 is 5.32 Å². The molecule has 6 rings (SSSR count). The summed E-state index contributed by atoms with van der Waals surface area (Å²) in [6, 6.07) is 23.1. The molecule has 0 saturated carbocycles. The average molecular weight is 394 g/mol. The number of fused-ring (bicyclic) bond motifs is 3. The highest BCUT2D eigenvalue weighted by Crippen LogP contribution is 2.39. The molecule has 140 valence electrons. The lowest BCUT2D eigenvalue weighted by Gasteiger charge is -2.04. The first-order valence-corrected chi connectivity index (χ1v) is 10.7. The maximum absolute atomic E-state index is 12.6. The molecule has 1 amide bonds. The van der Waals surface area contributed by atoms with Gasteiger partial charge in [-0.2, -0.15) is 0 Å². The molecule has 0 atom stereocenters. The molecule has 0 unspecified atom stereocenters. The standard InChI is InChI=1S/C25H18N2OS/c28-22(13-15-8-9-16-4-1-2-5-18(16)12-15)26-25-27-24-20-7-3-6-17-10-11-19(23(17)20)14-21(24)29-25/h1-9,12,14H,10-11,13H2,(H,26,27,28). The molecule has 0 spiro atoms. The van der Waals surface area contributed by atoms with E-state index in [9.17, 15) is 4.79 Å². The highest BCUT2D eigenvalue weighted by molar-refractivity contribution is 7.22. The maximum atomic E-state index is 12.6. The molecule has 0 saturated heterocycles. The Balaban J connectivity index is 1.30. The number of aromatic nitrogens is 1. The monoisotopic (exact) mass is 394 g/mol. The van der Waals surface area contributed by atoms with Crippen LogP contribution in [0.5, 0.6) is 0 Å². The molecule has 0 bridgehead atoms. The van der Waals surface area contributed by atoms with Crippen molar-refractivity contribution in [3.8, 4) is 0 Å². The number of benzene rings is 4. The summed E-state index contributed by atoms with van der Waals surface area (Å²) in [6.07, 6.45) is 2.55. The number of nitrogens with one attached hydrogen (secondary N) is 1. The first kappa shape index (κ1) is 16.7. The van der Waals surface area contributed by atoms with Crippen molar-refractivity contribution in [1.29, 1.82) is 0 Å². The van der Waals surface area contributed by atoms with Gasteiger partial charge >= 0.3 is 0 Å². The van der Waals surface area contributed by atoms with Crippen LogP contribution in [0, 0.1) is 0 Å². The van der Waals surface area contributed by atoms with E-state index in [-0.39, 0.29) is 5.91 Å². The average Bonchev–Trinajstić information content (AvgIpc) is 3.33. The number of nitrogens with zero attached hydrogens (tertiary/aromatic N) is 1. The van der Waals surface area contributed by atoms with Crippen molar-refractivity contribution in [2.24, 2.45) is 0 Å². The highest BCUT2D eigenvalue weighted by atomic mass is 32.1. The topological polar surface area (TPSA) is 42.0 Å². The van der Waals surface area contributed by atoms with Gasteiger partial charge in [-0.15, -0.1) is 0 Å². The number of carbonyl (C=O) groups excluding carboxylic acids is 1. The van der Waals surface area contributed by atoms with Gasteiger partial charge in [0.2, 0.25) is 5.91 Å². The van der Waals surface area contributed by atoms with E-state index >= 15 is 0 Å². The lowest BCUT2D eigenvalue weighted by molar-refractivity contribution is -0.115. The number of aryl methyl sites for hydroxylation is 2. The molecule has 1 heterocycles. The predicted molar refractivity (Wildman–Crippen MR) is 121 cm³/mol. The van der Waals surface area contributed by atoms with E-state index in [0.717, 1.165) is 34.0 Å². The molecule has 1 aliphatic rings. The van der Waals surface area contributed by atoms with Crippen molar-refractivity contribution in [2.75, 3.05) is 5.32 Å². The molecule has 4 aromatic carbocycles. The second-order valence-corrected chi connectivity index (χ2v) is 8.68. The summed E-state index contributed by atoms with van der Waals surface area (Å²) >= 11 is 1.56. The summed E-state index contributed by atoms with van der Waals surface area (Å²) in [7, 11) is 0. The van der Waals surface area contributed by atoms with Crippen molar-refractivity contribution in [1.82, 2.24) is 4.98 Å². The van der Waals surface area contributed by atoms with Crippen molar-refractivity contribution >= 4 is 54.1 Å². The molecule has 1 aliphatic carbocycles. The van der Waals surface area contributed by atoms with Crippen molar-refractivity contribution in [2.45, 2.75) is 19.3 Å². The van der Waals surface area contributed by atoms with Crippen LogP contribution in [0.25, 0.3) is 31.8 Å². The lowest BCUT2D eigenvalue weighted by Crippen LogP contribution is -2.14. The van der Waals surface area contributed by atoms with Gasteiger partial charge in [-0.25, -0.2) is 4.98 Å². The van der Waals surface area contributed by atoms with Gasteiger partial charge in [0, 0.05) is 5.39 Å². The number of rotatable bonds is 3. The van der Waals surface area contributed by atoms with Crippen molar-refractivity contribution in [3.63, 3.8) is 0 Å². The van der Waals surface area contributed by atoms with Gasteiger partial charge in [-0.3, -0.25) is 4.79 Å². The van der Waals surface area contributed by atoms with E-state index in [1.807, 2.05) is 18.2 Å². The minimum atomic E-state index is -0.0309. The van der Waals surface area contributed by atoms with Gasteiger partial charge in [0.15, 0.2) is 5.13 Å². The van der Waals surface area contributed by atoms with E-state index < -0.39 is 0 Å². The Morgan fingerprint density at radius 1 is 0.931 bits per heavy atom. The van der Waals surface area contributed by atoms with E-state index in [1.165, 1.54) is 27.3 Å². The molecule has 1 aromatic heterocycles. The van der Waals surface area contributed by atoms with Gasteiger partial charge < -0.3 is 5.32 Å². The van der Waals surface area contributed by atoms with Gasteiger partial charge in [0.1, 0.15) is 0 Å². The predicted octanol–water partition coefficient (Wildman–Crippen LogP) is 5.88. The van der Waals surface area contributed by atoms with Gasteiger partial charge in [0.05, 0.1) is 16.6 Å². The Bertz CT molecular complexity index is 1430. The second kappa shape index (κ2) is 6.39. The molecular weight excluding hydrogens is 376 g/mol. The number of amides is 1. The fourth-order valence-electron chi connectivity index (χ4n) is 4.46. The molecular formula is C25H18N2OS. The van der Waals surface area contributed by atoms with Gasteiger partial charge in [-0.1, -0.05) is 72.0 Å². The summed E-state index contributed by atoms with van der Waals surface area (Å²) in [6.45, 7) is 0.